The summed E-state index contributed by atoms with van der Waals surface area (Å²) >= 11 is 1.98. The molecule has 0 aliphatic rings. The standard InChI is InChI=1S/C17H17NS/c1-2-3-12-19-17-13-8-4-6-10-15(13)18-16-11-7-5-9-14(16)17/h4-11H,2-3,12H2,1H3/p+1. The molecule has 0 aliphatic carbocycles. The van der Waals surface area contributed by atoms with Crippen LogP contribution in [0.25, 0.3) is 21.8 Å². The van der Waals surface area contributed by atoms with Gasteiger partial charge in [0.25, 0.3) is 0 Å². The van der Waals surface area contributed by atoms with Crippen LogP contribution in [0, 0.1) is 0 Å². The highest BCUT2D eigenvalue weighted by molar-refractivity contribution is 7.99. The van der Waals surface area contributed by atoms with Gasteiger partial charge in [-0.2, -0.15) is 0 Å². The second kappa shape index (κ2) is 5.62. The zero-order chi connectivity index (χ0) is 13.1. The molecular weight excluding hydrogens is 250 g/mol. The number of benzene rings is 2. The van der Waals surface area contributed by atoms with Crippen LogP contribution < -0.4 is 4.98 Å². The first-order valence-electron chi connectivity index (χ1n) is 6.85. The van der Waals surface area contributed by atoms with Gasteiger partial charge in [-0.1, -0.05) is 37.6 Å². The summed E-state index contributed by atoms with van der Waals surface area (Å²) in [4.78, 5) is 4.94. The first-order valence-corrected chi connectivity index (χ1v) is 7.84. The molecule has 0 saturated carbocycles. The second-order valence-corrected chi connectivity index (χ2v) is 5.85. The number of H-pyrrole nitrogens is 1. The lowest BCUT2D eigenvalue weighted by molar-refractivity contribution is -0.310. The van der Waals surface area contributed by atoms with Crippen molar-refractivity contribution in [2.75, 3.05) is 5.75 Å². The van der Waals surface area contributed by atoms with Gasteiger partial charge in [-0.3, -0.25) is 0 Å². The quantitative estimate of drug-likeness (QED) is 0.380. The Balaban J connectivity index is 2.21. The maximum absolute atomic E-state index is 3.53. The van der Waals surface area contributed by atoms with Crippen molar-refractivity contribution in [1.82, 2.24) is 0 Å². The highest BCUT2D eigenvalue weighted by Crippen LogP contribution is 2.32. The summed E-state index contributed by atoms with van der Waals surface area (Å²) in [6.07, 6.45) is 2.52. The Bertz CT molecular complexity index is 652. The maximum Gasteiger partial charge on any atom is 0.212 e. The molecule has 0 aliphatic heterocycles. The maximum atomic E-state index is 3.53. The molecule has 0 spiro atoms. The van der Waals surface area contributed by atoms with E-state index in [4.69, 9.17) is 0 Å². The molecule has 96 valence electrons. The van der Waals surface area contributed by atoms with Gasteiger partial charge in [0.05, 0.1) is 10.8 Å². The fourth-order valence-electron chi connectivity index (χ4n) is 2.34. The first kappa shape index (κ1) is 12.5. The van der Waals surface area contributed by atoms with Crippen molar-refractivity contribution in [3.63, 3.8) is 0 Å². The molecule has 1 heterocycles. The van der Waals surface area contributed by atoms with Crippen LogP contribution in [0.4, 0.5) is 0 Å². The van der Waals surface area contributed by atoms with Crippen molar-refractivity contribution < 1.29 is 4.98 Å². The molecule has 2 heteroatoms. The lowest BCUT2D eigenvalue weighted by Crippen LogP contribution is -2.06. The molecule has 0 atom stereocenters. The molecule has 1 N–H and O–H groups in total. The molecule has 0 bridgehead atoms. The van der Waals surface area contributed by atoms with Crippen molar-refractivity contribution in [2.24, 2.45) is 0 Å². The summed E-state index contributed by atoms with van der Waals surface area (Å²) in [5.74, 6) is 1.19. The molecular formula is C17H18NS+. The van der Waals surface area contributed by atoms with E-state index in [0.717, 1.165) is 0 Å². The van der Waals surface area contributed by atoms with E-state index in [1.54, 1.807) is 0 Å². The minimum Gasteiger partial charge on any atom is -0.204 e. The van der Waals surface area contributed by atoms with Gasteiger partial charge >= 0.3 is 0 Å². The lowest BCUT2D eigenvalue weighted by Gasteiger charge is -2.06. The smallest absolute Gasteiger partial charge is 0.204 e. The van der Waals surface area contributed by atoms with E-state index in [1.165, 1.54) is 45.3 Å². The number of rotatable bonds is 4. The SMILES string of the molecule is CCCCSc1c2ccccc2[nH+]c2ccccc12. The third-order valence-electron chi connectivity index (χ3n) is 3.36. The van der Waals surface area contributed by atoms with E-state index >= 15 is 0 Å². The third kappa shape index (κ3) is 2.45. The van der Waals surface area contributed by atoms with Crippen LogP contribution in [0.3, 0.4) is 0 Å². The minimum atomic E-state index is 1.19. The fraction of sp³-hybridized carbons (Fsp3) is 0.235. The Hall–Kier alpha value is -1.54. The van der Waals surface area contributed by atoms with E-state index in [2.05, 4.69) is 60.4 Å². The summed E-state index contributed by atoms with van der Waals surface area (Å²) in [6.45, 7) is 2.25. The predicted molar refractivity (Wildman–Crippen MR) is 83.6 cm³/mol. The number of aromatic amines is 1. The van der Waals surface area contributed by atoms with Crippen LogP contribution in [0.2, 0.25) is 0 Å². The molecule has 1 nitrogen and oxygen atoms in total. The molecule has 0 radical (unpaired) electrons. The van der Waals surface area contributed by atoms with E-state index in [-0.39, 0.29) is 0 Å². The van der Waals surface area contributed by atoms with Crippen LogP contribution in [0.15, 0.2) is 53.4 Å². The van der Waals surface area contributed by atoms with Crippen molar-refractivity contribution >= 4 is 33.6 Å². The number of fused-ring (bicyclic) bond motifs is 2. The number of hydrogen-bond acceptors (Lipinski definition) is 1. The molecule has 0 fully saturated rings. The number of pyridine rings is 1. The zero-order valence-corrected chi connectivity index (χ0v) is 12.0. The Morgan fingerprint density at radius 2 is 1.47 bits per heavy atom. The van der Waals surface area contributed by atoms with Gasteiger partial charge in [-0.15, -0.1) is 11.8 Å². The third-order valence-corrected chi connectivity index (χ3v) is 4.58. The van der Waals surface area contributed by atoms with Gasteiger partial charge in [0.15, 0.2) is 0 Å². The van der Waals surface area contributed by atoms with Crippen molar-refractivity contribution in [1.29, 1.82) is 0 Å². The monoisotopic (exact) mass is 268 g/mol. The molecule has 19 heavy (non-hydrogen) atoms. The van der Waals surface area contributed by atoms with Gasteiger partial charge in [-0.05, 0) is 24.3 Å². The minimum absolute atomic E-state index is 1.19. The molecule has 3 rings (SSSR count). The van der Waals surface area contributed by atoms with Gasteiger partial charge < -0.3 is 0 Å². The second-order valence-electron chi connectivity index (χ2n) is 4.75. The van der Waals surface area contributed by atoms with Crippen molar-refractivity contribution in [3.8, 4) is 0 Å². The molecule has 3 aromatic rings. The average molecular weight is 268 g/mol. The van der Waals surface area contributed by atoms with Gasteiger partial charge in [0.2, 0.25) is 11.0 Å². The van der Waals surface area contributed by atoms with Crippen molar-refractivity contribution in [2.45, 2.75) is 24.7 Å². The molecule has 1 aromatic heterocycles. The van der Waals surface area contributed by atoms with Gasteiger partial charge in [0.1, 0.15) is 0 Å². The number of thioether (sulfide) groups is 1. The fourth-order valence-corrected chi connectivity index (χ4v) is 3.65. The topological polar surface area (TPSA) is 14.1 Å². The highest BCUT2D eigenvalue weighted by atomic mass is 32.2. The van der Waals surface area contributed by atoms with Crippen LogP contribution >= 0.6 is 11.8 Å². The van der Waals surface area contributed by atoms with Crippen LogP contribution in [0.1, 0.15) is 19.8 Å². The summed E-state index contributed by atoms with van der Waals surface area (Å²) in [7, 11) is 0. The van der Waals surface area contributed by atoms with Crippen LogP contribution in [0.5, 0.6) is 0 Å². The van der Waals surface area contributed by atoms with E-state index in [0.29, 0.717) is 0 Å². The van der Waals surface area contributed by atoms with Crippen molar-refractivity contribution in [3.05, 3.63) is 48.5 Å². The van der Waals surface area contributed by atoms with Crippen LogP contribution in [-0.2, 0) is 0 Å². The summed E-state index contributed by atoms with van der Waals surface area (Å²) in [5, 5.41) is 2.67. The van der Waals surface area contributed by atoms with Gasteiger partial charge in [0, 0.05) is 17.0 Å². The molecule has 0 unspecified atom stereocenters. The largest absolute Gasteiger partial charge is 0.212 e. The first-order chi connectivity index (χ1) is 9.40. The molecule has 0 saturated heterocycles. The Morgan fingerprint density at radius 1 is 0.895 bits per heavy atom. The predicted octanol–water partition coefficient (Wildman–Crippen LogP) is 4.70. The zero-order valence-electron chi connectivity index (χ0n) is 11.1. The normalized spacial score (nSPS) is 11.2. The van der Waals surface area contributed by atoms with E-state index < -0.39 is 0 Å². The Kier molecular flexibility index (Phi) is 3.69. The Morgan fingerprint density at radius 3 is 2.05 bits per heavy atom. The number of para-hydroxylation sites is 2. The molecule has 0 amide bonds. The highest BCUT2D eigenvalue weighted by Gasteiger charge is 2.13. The summed E-state index contributed by atoms with van der Waals surface area (Å²) < 4.78 is 0. The average Bonchev–Trinajstić information content (AvgIpc) is 2.46. The summed E-state index contributed by atoms with van der Waals surface area (Å²) in [5.41, 5.74) is 2.44. The molecule has 2 aromatic carbocycles. The number of aromatic nitrogens is 1. The number of nitrogens with one attached hydrogen (secondary N) is 1. The van der Waals surface area contributed by atoms with E-state index in [9.17, 15) is 0 Å². The number of unbranched alkanes of at least 4 members (excludes halogenated alkanes) is 1. The Labute approximate surface area is 118 Å². The lowest BCUT2D eigenvalue weighted by atomic mass is 10.1. The van der Waals surface area contributed by atoms with Crippen LogP contribution in [-0.4, -0.2) is 5.75 Å². The summed E-state index contributed by atoms with van der Waals surface area (Å²) in [6, 6.07) is 17.2. The van der Waals surface area contributed by atoms with Gasteiger partial charge in [-0.25, -0.2) is 4.98 Å². The number of hydrogen-bond donors (Lipinski definition) is 0. The van der Waals surface area contributed by atoms with E-state index in [1.807, 2.05) is 11.8 Å².